The minimum atomic E-state index is 0.188. The molecule has 0 aliphatic heterocycles. The largest absolute Gasteiger partial charge is 0.395 e. The molecular weight excluding hydrogens is 200 g/mol. The minimum absolute atomic E-state index is 0.188. The SMILES string of the molecule is CCCNCc1ccccc1N(C)CCO. The molecule has 1 aromatic carbocycles. The van der Waals surface area contributed by atoms with E-state index in [-0.39, 0.29) is 6.61 Å². The van der Waals surface area contributed by atoms with Gasteiger partial charge in [-0.05, 0) is 24.6 Å². The van der Waals surface area contributed by atoms with E-state index in [1.165, 1.54) is 11.3 Å². The molecule has 0 aromatic heterocycles. The lowest BCUT2D eigenvalue weighted by Crippen LogP contribution is -2.24. The topological polar surface area (TPSA) is 35.5 Å². The smallest absolute Gasteiger partial charge is 0.0606 e. The van der Waals surface area contributed by atoms with Crippen molar-refractivity contribution in [1.29, 1.82) is 0 Å². The zero-order valence-electron chi connectivity index (χ0n) is 10.2. The van der Waals surface area contributed by atoms with Crippen LogP contribution in [0.4, 0.5) is 5.69 Å². The van der Waals surface area contributed by atoms with Crippen molar-refractivity contribution in [3.05, 3.63) is 29.8 Å². The van der Waals surface area contributed by atoms with Crippen molar-refractivity contribution >= 4 is 5.69 Å². The molecule has 0 unspecified atom stereocenters. The van der Waals surface area contributed by atoms with Crippen molar-refractivity contribution in [1.82, 2.24) is 5.32 Å². The van der Waals surface area contributed by atoms with Crippen molar-refractivity contribution < 1.29 is 5.11 Å². The summed E-state index contributed by atoms with van der Waals surface area (Å²) >= 11 is 0. The number of aliphatic hydroxyl groups excluding tert-OH is 1. The van der Waals surface area contributed by atoms with Gasteiger partial charge in [0.1, 0.15) is 0 Å². The van der Waals surface area contributed by atoms with E-state index < -0.39 is 0 Å². The second-order valence-electron chi connectivity index (χ2n) is 3.95. The number of hydrogen-bond acceptors (Lipinski definition) is 3. The maximum atomic E-state index is 8.95. The minimum Gasteiger partial charge on any atom is -0.395 e. The molecule has 0 amide bonds. The summed E-state index contributed by atoms with van der Waals surface area (Å²) < 4.78 is 0. The lowest BCUT2D eigenvalue weighted by molar-refractivity contribution is 0.304. The van der Waals surface area contributed by atoms with E-state index in [2.05, 4.69) is 35.3 Å². The van der Waals surface area contributed by atoms with Gasteiger partial charge in [0.25, 0.3) is 0 Å². The van der Waals surface area contributed by atoms with Crippen LogP contribution < -0.4 is 10.2 Å². The molecule has 0 saturated carbocycles. The molecule has 3 nitrogen and oxygen atoms in total. The molecule has 90 valence electrons. The molecule has 0 fully saturated rings. The van der Waals surface area contributed by atoms with Gasteiger partial charge in [-0.1, -0.05) is 25.1 Å². The number of para-hydroxylation sites is 1. The average Bonchev–Trinajstić information content (AvgIpc) is 2.30. The highest BCUT2D eigenvalue weighted by molar-refractivity contribution is 5.52. The number of hydrogen-bond donors (Lipinski definition) is 2. The normalized spacial score (nSPS) is 10.4. The molecule has 0 spiro atoms. The number of likely N-dealkylation sites (N-methyl/N-ethyl adjacent to an activating group) is 1. The maximum Gasteiger partial charge on any atom is 0.0606 e. The number of benzene rings is 1. The highest BCUT2D eigenvalue weighted by Crippen LogP contribution is 2.18. The first-order chi connectivity index (χ1) is 7.79. The van der Waals surface area contributed by atoms with E-state index in [1.807, 2.05) is 13.1 Å². The lowest BCUT2D eigenvalue weighted by atomic mass is 10.1. The van der Waals surface area contributed by atoms with E-state index in [0.29, 0.717) is 6.54 Å². The monoisotopic (exact) mass is 222 g/mol. The van der Waals surface area contributed by atoms with Crippen molar-refractivity contribution in [2.45, 2.75) is 19.9 Å². The molecule has 0 atom stereocenters. The van der Waals surface area contributed by atoms with Gasteiger partial charge in [-0.2, -0.15) is 0 Å². The number of rotatable bonds is 7. The van der Waals surface area contributed by atoms with E-state index >= 15 is 0 Å². The van der Waals surface area contributed by atoms with Crippen LogP contribution in [-0.2, 0) is 6.54 Å². The van der Waals surface area contributed by atoms with Gasteiger partial charge in [0.15, 0.2) is 0 Å². The summed E-state index contributed by atoms with van der Waals surface area (Å²) in [5.74, 6) is 0. The van der Waals surface area contributed by atoms with Crippen molar-refractivity contribution in [2.24, 2.45) is 0 Å². The number of anilines is 1. The fraction of sp³-hybridized carbons (Fsp3) is 0.538. The Morgan fingerprint density at radius 1 is 1.31 bits per heavy atom. The highest BCUT2D eigenvalue weighted by atomic mass is 16.3. The number of nitrogens with zero attached hydrogens (tertiary/aromatic N) is 1. The summed E-state index contributed by atoms with van der Waals surface area (Å²) in [5.41, 5.74) is 2.48. The predicted molar refractivity (Wildman–Crippen MR) is 68.8 cm³/mol. The zero-order valence-corrected chi connectivity index (χ0v) is 10.2. The van der Waals surface area contributed by atoms with Gasteiger partial charge in [-0.3, -0.25) is 0 Å². The summed E-state index contributed by atoms with van der Waals surface area (Å²) in [6.07, 6.45) is 1.15. The van der Waals surface area contributed by atoms with Crippen LogP contribution in [0.15, 0.2) is 24.3 Å². The Kier molecular flexibility index (Phi) is 5.90. The molecule has 16 heavy (non-hydrogen) atoms. The van der Waals surface area contributed by atoms with Crippen LogP contribution in [0.25, 0.3) is 0 Å². The molecule has 3 heteroatoms. The zero-order chi connectivity index (χ0) is 11.8. The Labute approximate surface area is 98.1 Å². The van der Waals surface area contributed by atoms with Gasteiger partial charge in [0.05, 0.1) is 6.61 Å². The number of nitrogens with one attached hydrogen (secondary N) is 1. The maximum absolute atomic E-state index is 8.95. The van der Waals surface area contributed by atoms with E-state index in [9.17, 15) is 0 Å². The van der Waals surface area contributed by atoms with Gasteiger partial charge >= 0.3 is 0 Å². The Morgan fingerprint density at radius 2 is 2.06 bits per heavy atom. The van der Waals surface area contributed by atoms with Crippen molar-refractivity contribution in [3.8, 4) is 0 Å². The van der Waals surface area contributed by atoms with Gasteiger partial charge in [-0.25, -0.2) is 0 Å². The van der Waals surface area contributed by atoms with Crippen LogP contribution >= 0.6 is 0 Å². The molecular formula is C13H22N2O. The first-order valence-electron chi connectivity index (χ1n) is 5.90. The van der Waals surface area contributed by atoms with Crippen LogP contribution in [0.3, 0.4) is 0 Å². The molecule has 1 rings (SSSR count). The van der Waals surface area contributed by atoms with Gasteiger partial charge < -0.3 is 15.3 Å². The predicted octanol–water partition coefficient (Wildman–Crippen LogP) is 1.61. The summed E-state index contributed by atoms with van der Waals surface area (Å²) in [4.78, 5) is 2.09. The fourth-order valence-corrected chi connectivity index (χ4v) is 1.70. The third kappa shape index (κ3) is 3.83. The number of aliphatic hydroxyl groups is 1. The Bertz CT molecular complexity index is 302. The van der Waals surface area contributed by atoms with Crippen LogP contribution in [0.5, 0.6) is 0 Å². The molecule has 2 N–H and O–H groups in total. The molecule has 0 heterocycles. The molecule has 1 aromatic rings. The average molecular weight is 222 g/mol. The van der Waals surface area contributed by atoms with Crippen molar-refractivity contribution in [3.63, 3.8) is 0 Å². The second kappa shape index (κ2) is 7.25. The lowest BCUT2D eigenvalue weighted by Gasteiger charge is -2.21. The van der Waals surface area contributed by atoms with E-state index in [1.54, 1.807) is 0 Å². The fourth-order valence-electron chi connectivity index (χ4n) is 1.70. The summed E-state index contributed by atoms with van der Waals surface area (Å²) in [6, 6.07) is 8.32. The van der Waals surface area contributed by atoms with Gasteiger partial charge in [0, 0.05) is 25.8 Å². The Hall–Kier alpha value is -1.06. The summed E-state index contributed by atoms with van der Waals surface area (Å²) in [6.45, 7) is 4.95. The van der Waals surface area contributed by atoms with Crippen LogP contribution in [0, 0.1) is 0 Å². The molecule has 0 aliphatic rings. The van der Waals surface area contributed by atoms with E-state index in [0.717, 1.165) is 19.5 Å². The first-order valence-corrected chi connectivity index (χ1v) is 5.90. The molecule has 0 saturated heterocycles. The molecule has 0 aliphatic carbocycles. The summed E-state index contributed by atoms with van der Waals surface area (Å²) in [5, 5.41) is 12.3. The third-order valence-corrected chi connectivity index (χ3v) is 2.58. The van der Waals surface area contributed by atoms with Crippen molar-refractivity contribution in [2.75, 3.05) is 31.6 Å². The summed E-state index contributed by atoms with van der Waals surface area (Å²) in [7, 11) is 2.01. The first kappa shape index (κ1) is 13.0. The third-order valence-electron chi connectivity index (χ3n) is 2.58. The van der Waals surface area contributed by atoms with Gasteiger partial charge in [-0.15, -0.1) is 0 Å². The van der Waals surface area contributed by atoms with E-state index in [4.69, 9.17) is 5.11 Å². The second-order valence-corrected chi connectivity index (χ2v) is 3.95. The highest BCUT2D eigenvalue weighted by Gasteiger charge is 2.05. The van der Waals surface area contributed by atoms with Crippen LogP contribution in [-0.4, -0.2) is 31.9 Å². The van der Waals surface area contributed by atoms with Crippen LogP contribution in [0.1, 0.15) is 18.9 Å². The Balaban J connectivity index is 2.67. The molecule has 0 bridgehead atoms. The van der Waals surface area contributed by atoms with Crippen LogP contribution in [0.2, 0.25) is 0 Å². The Morgan fingerprint density at radius 3 is 2.75 bits per heavy atom. The molecule has 0 radical (unpaired) electrons. The quantitative estimate of drug-likeness (QED) is 0.688. The van der Waals surface area contributed by atoms with Gasteiger partial charge in [0.2, 0.25) is 0 Å². The standard InChI is InChI=1S/C13H22N2O/c1-3-8-14-11-12-6-4-5-7-13(12)15(2)9-10-16/h4-7,14,16H,3,8-11H2,1-2H3.